The molecular weight excluding hydrogens is 335 g/mol. The van der Waals surface area contributed by atoms with Crippen molar-refractivity contribution in [3.63, 3.8) is 0 Å². The summed E-state index contributed by atoms with van der Waals surface area (Å²) in [4.78, 5) is 0. The zero-order valence-electron chi connectivity index (χ0n) is 11.2. The Morgan fingerprint density at radius 3 is 2.62 bits per heavy atom. The van der Waals surface area contributed by atoms with Crippen LogP contribution in [0.1, 0.15) is 5.56 Å². The van der Waals surface area contributed by atoms with E-state index in [4.69, 9.17) is 10.3 Å². The molecule has 0 saturated heterocycles. The molecule has 0 atom stereocenters. The number of halogens is 2. The fourth-order valence-corrected chi connectivity index (χ4v) is 2.90. The number of hydrogen-bond acceptors (Lipinski definition) is 3. The molecule has 3 nitrogen and oxygen atoms in total. The van der Waals surface area contributed by atoms with Gasteiger partial charge in [0.1, 0.15) is 11.5 Å². The molecule has 0 amide bonds. The summed E-state index contributed by atoms with van der Waals surface area (Å²) in [6.07, 6.45) is 0. The van der Waals surface area contributed by atoms with Crippen LogP contribution in [0.2, 0.25) is 0 Å². The lowest BCUT2D eigenvalue weighted by Crippen LogP contribution is -1.91. The molecule has 0 saturated carbocycles. The normalized spacial score (nSPS) is 10.8. The van der Waals surface area contributed by atoms with Crippen LogP contribution in [-0.4, -0.2) is 5.16 Å². The molecule has 106 valence electrons. The van der Waals surface area contributed by atoms with Crippen molar-refractivity contribution in [1.29, 1.82) is 0 Å². The average Bonchev–Trinajstić information content (AvgIpc) is 2.81. The molecule has 0 aliphatic heterocycles. The maximum absolute atomic E-state index is 14.1. The molecule has 3 rings (SSSR count). The smallest absolute Gasteiger partial charge is 0.230 e. The Bertz CT molecular complexity index is 814. The lowest BCUT2D eigenvalue weighted by Gasteiger charge is -2.06. The van der Waals surface area contributed by atoms with Crippen molar-refractivity contribution in [3.05, 3.63) is 58.3 Å². The Balaban J connectivity index is 2.25. The summed E-state index contributed by atoms with van der Waals surface area (Å²) in [5.41, 5.74) is 9.12. The molecule has 21 heavy (non-hydrogen) atoms. The fourth-order valence-electron chi connectivity index (χ4n) is 2.22. The molecular formula is C16H12BrFN2O. The van der Waals surface area contributed by atoms with E-state index in [0.717, 1.165) is 15.6 Å². The number of anilines is 1. The minimum atomic E-state index is -0.364. The van der Waals surface area contributed by atoms with Crippen molar-refractivity contribution in [2.24, 2.45) is 0 Å². The average molecular weight is 347 g/mol. The zero-order chi connectivity index (χ0) is 15.0. The van der Waals surface area contributed by atoms with Gasteiger partial charge in [0.25, 0.3) is 0 Å². The summed E-state index contributed by atoms with van der Waals surface area (Å²) in [6, 6.07) is 12.2. The molecule has 2 N–H and O–H groups in total. The molecule has 5 heteroatoms. The molecule has 0 unspecified atom stereocenters. The van der Waals surface area contributed by atoms with Crippen molar-refractivity contribution in [2.75, 3.05) is 5.73 Å². The first kappa shape index (κ1) is 13.8. The highest BCUT2D eigenvalue weighted by Crippen LogP contribution is 2.40. The summed E-state index contributed by atoms with van der Waals surface area (Å²) >= 11 is 3.50. The zero-order valence-corrected chi connectivity index (χ0v) is 12.8. The van der Waals surface area contributed by atoms with E-state index in [2.05, 4.69) is 21.1 Å². The largest absolute Gasteiger partial charge is 0.367 e. The lowest BCUT2D eigenvalue weighted by molar-refractivity contribution is 0.439. The van der Waals surface area contributed by atoms with Gasteiger partial charge in [-0.3, -0.25) is 0 Å². The van der Waals surface area contributed by atoms with Crippen molar-refractivity contribution in [3.8, 4) is 22.4 Å². The van der Waals surface area contributed by atoms with Gasteiger partial charge in [-0.1, -0.05) is 51.4 Å². The molecule has 2 aromatic carbocycles. The van der Waals surface area contributed by atoms with Crippen molar-refractivity contribution in [1.82, 2.24) is 5.16 Å². The summed E-state index contributed by atoms with van der Waals surface area (Å²) in [6.45, 7) is 1.99. The van der Waals surface area contributed by atoms with Gasteiger partial charge in [0, 0.05) is 15.6 Å². The number of aryl methyl sites for hydroxylation is 1. The number of hydrogen-bond donors (Lipinski definition) is 1. The van der Waals surface area contributed by atoms with Gasteiger partial charge >= 0.3 is 0 Å². The van der Waals surface area contributed by atoms with Gasteiger partial charge in [0.05, 0.1) is 5.56 Å². The van der Waals surface area contributed by atoms with Crippen LogP contribution in [0.3, 0.4) is 0 Å². The van der Waals surface area contributed by atoms with E-state index < -0.39 is 0 Å². The Morgan fingerprint density at radius 2 is 1.90 bits per heavy atom. The Labute approximate surface area is 129 Å². The van der Waals surface area contributed by atoms with E-state index in [1.807, 2.05) is 25.1 Å². The van der Waals surface area contributed by atoms with Crippen molar-refractivity contribution in [2.45, 2.75) is 6.92 Å². The number of nitrogens with zero attached hydrogens (tertiary/aromatic N) is 1. The van der Waals surface area contributed by atoms with Crippen LogP contribution in [0.15, 0.2) is 51.5 Å². The van der Waals surface area contributed by atoms with Gasteiger partial charge in [-0.05, 0) is 24.6 Å². The maximum atomic E-state index is 14.1. The van der Waals surface area contributed by atoms with Gasteiger partial charge in [-0.15, -0.1) is 0 Å². The summed E-state index contributed by atoms with van der Waals surface area (Å²) < 4.78 is 20.0. The highest BCUT2D eigenvalue weighted by Gasteiger charge is 2.21. The SMILES string of the molecule is Cc1ccc(-c2noc(N)c2-c2ccccc2F)c(Br)c1. The first-order valence-corrected chi connectivity index (χ1v) is 7.14. The summed E-state index contributed by atoms with van der Waals surface area (Å²) in [5.74, 6) is -0.264. The monoisotopic (exact) mass is 346 g/mol. The van der Waals surface area contributed by atoms with Gasteiger partial charge in [-0.25, -0.2) is 4.39 Å². The Morgan fingerprint density at radius 1 is 1.14 bits per heavy atom. The second kappa shape index (κ2) is 5.33. The highest BCUT2D eigenvalue weighted by atomic mass is 79.9. The van der Waals surface area contributed by atoms with Gasteiger partial charge < -0.3 is 10.3 Å². The highest BCUT2D eigenvalue weighted by molar-refractivity contribution is 9.10. The molecule has 0 bridgehead atoms. The van der Waals surface area contributed by atoms with E-state index in [0.29, 0.717) is 16.8 Å². The van der Waals surface area contributed by atoms with E-state index in [9.17, 15) is 4.39 Å². The second-order valence-corrected chi connectivity index (χ2v) is 5.59. The second-order valence-electron chi connectivity index (χ2n) is 4.73. The minimum Gasteiger partial charge on any atom is -0.367 e. The molecule has 0 fully saturated rings. The summed E-state index contributed by atoms with van der Waals surface area (Å²) in [5, 5.41) is 4.00. The van der Waals surface area contributed by atoms with E-state index in [1.54, 1.807) is 18.2 Å². The maximum Gasteiger partial charge on any atom is 0.230 e. The minimum absolute atomic E-state index is 0.0996. The third-order valence-electron chi connectivity index (χ3n) is 3.24. The standard InChI is InChI=1S/C16H12BrFN2O/c1-9-6-7-10(12(17)8-9)15-14(16(19)21-20-15)11-4-2-3-5-13(11)18/h2-8H,19H2,1H3. The van der Waals surface area contributed by atoms with Crippen LogP contribution in [0, 0.1) is 12.7 Å². The van der Waals surface area contributed by atoms with Gasteiger partial charge in [-0.2, -0.15) is 0 Å². The van der Waals surface area contributed by atoms with Crippen LogP contribution in [-0.2, 0) is 0 Å². The van der Waals surface area contributed by atoms with Crippen molar-refractivity contribution >= 4 is 21.8 Å². The third kappa shape index (κ3) is 2.45. The Hall–Kier alpha value is -2.14. The predicted molar refractivity (Wildman–Crippen MR) is 84.2 cm³/mol. The fraction of sp³-hybridized carbons (Fsp3) is 0.0625. The summed E-state index contributed by atoms with van der Waals surface area (Å²) in [7, 11) is 0. The predicted octanol–water partition coefficient (Wildman–Crippen LogP) is 4.80. The number of nitrogen functional groups attached to an aromatic ring is 1. The van der Waals surface area contributed by atoms with Crippen LogP contribution < -0.4 is 5.73 Å². The molecule has 3 aromatic rings. The first-order chi connectivity index (χ1) is 10.1. The van der Waals surface area contributed by atoms with Crippen LogP contribution in [0.25, 0.3) is 22.4 Å². The Kier molecular flexibility index (Phi) is 3.51. The molecule has 0 aliphatic carbocycles. The van der Waals surface area contributed by atoms with Crippen LogP contribution in [0.4, 0.5) is 10.3 Å². The van der Waals surface area contributed by atoms with E-state index in [-0.39, 0.29) is 11.7 Å². The molecule has 0 spiro atoms. The number of rotatable bonds is 2. The third-order valence-corrected chi connectivity index (χ3v) is 3.90. The molecule has 0 radical (unpaired) electrons. The number of nitrogens with two attached hydrogens (primary N) is 1. The van der Waals surface area contributed by atoms with Gasteiger partial charge in [0.2, 0.25) is 5.88 Å². The topological polar surface area (TPSA) is 52.0 Å². The van der Waals surface area contributed by atoms with E-state index in [1.165, 1.54) is 6.07 Å². The number of benzene rings is 2. The van der Waals surface area contributed by atoms with Crippen LogP contribution >= 0.6 is 15.9 Å². The van der Waals surface area contributed by atoms with Crippen molar-refractivity contribution < 1.29 is 8.91 Å². The molecule has 1 heterocycles. The van der Waals surface area contributed by atoms with Crippen LogP contribution in [0.5, 0.6) is 0 Å². The number of aromatic nitrogens is 1. The molecule has 0 aliphatic rings. The first-order valence-electron chi connectivity index (χ1n) is 6.34. The van der Waals surface area contributed by atoms with Gasteiger partial charge in [0.15, 0.2) is 0 Å². The quantitative estimate of drug-likeness (QED) is 0.724. The lowest BCUT2D eigenvalue weighted by atomic mass is 10.00. The van der Waals surface area contributed by atoms with E-state index >= 15 is 0 Å². The molecule has 1 aromatic heterocycles.